The summed E-state index contributed by atoms with van der Waals surface area (Å²) in [5, 5.41) is 11.9. The molecule has 4 amide bonds. The van der Waals surface area contributed by atoms with Crippen LogP contribution >= 0.6 is 0 Å². The maximum atomic E-state index is 12.7. The zero-order chi connectivity index (χ0) is 18.7. The number of carbonyl (C=O) groups is 3. The Morgan fingerprint density at radius 3 is 2.54 bits per heavy atom. The molecular weight excluding hydrogens is 336 g/mol. The molecule has 0 radical (unpaired) electrons. The fourth-order valence-corrected chi connectivity index (χ4v) is 2.53. The molecule has 0 atom stereocenters. The van der Waals surface area contributed by atoms with Crippen molar-refractivity contribution in [3.8, 4) is 11.5 Å². The maximum absolute atomic E-state index is 12.7. The summed E-state index contributed by atoms with van der Waals surface area (Å²) in [6.07, 6.45) is 1.35. The van der Waals surface area contributed by atoms with E-state index >= 15 is 0 Å². The normalized spacial score (nSPS) is 16.0. The van der Waals surface area contributed by atoms with Crippen molar-refractivity contribution in [2.75, 3.05) is 11.5 Å². The Morgan fingerprint density at radius 1 is 1.12 bits per heavy atom. The summed E-state index contributed by atoms with van der Waals surface area (Å²) in [5.41, 5.74) is 0.641. The average Bonchev–Trinajstić information content (AvgIpc) is 2.62. The lowest BCUT2D eigenvalue weighted by Crippen LogP contribution is -2.54. The first-order valence-electron chi connectivity index (χ1n) is 7.93. The molecule has 0 aliphatic carbocycles. The van der Waals surface area contributed by atoms with Crippen molar-refractivity contribution in [3.63, 3.8) is 0 Å². The van der Waals surface area contributed by atoms with E-state index in [1.54, 1.807) is 37.3 Å². The number of amides is 4. The molecule has 132 valence electrons. The Morgan fingerprint density at radius 2 is 1.85 bits per heavy atom. The van der Waals surface area contributed by atoms with Crippen LogP contribution in [0.2, 0.25) is 0 Å². The van der Waals surface area contributed by atoms with Gasteiger partial charge in [0.2, 0.25) is 0 Å². The van der Waals surface area contributed by atoms with Crippen LogP contribution in [0.5, 0.6) is 11.5 Å². The van der Waals surface area contributed by atoms with Crippen molar-refractivity contribution in [2.24, 2.45) is 0 Å². The van der Waals surface area contributed by atoms with Gasteiger partial charge in [0, 0.05) is 0 Å². The lowest BCUT2D eigenvalue weighted by Gasteiger charge is -2.26. The average molecular weight is 352 g/mol. The molecule has 2 aromatic rings. The summed E-state index contributed by atoms with van der Waals surface area (Å²) in [7, 11) is 0. The van der Waals surface area contributed by atoms with E-state index in [1.807, 2.05) is 0 Å². The predicted octanol–water partition coefficient (Wildman–Crippen LogP) is 2.46. The Hall–Kier alpha value is -3.61. The Kier molecular flexibility index (Phi) is 4.70. The summed E-state index contributed by atoms with van der Waals surface area (Å²) in [4.78, 5) is 37.9. The van der Waals surface area contributed by atoms with Gasteiger partial charge in [-0.15, -0.1) is 0 Å². The number of nitrogens with zero attached hydrogens (tertiary/aromatic N) is 1. The molecule has 1 aliphatic heterocycles. The van der Waals surface area contributed by atoms with Crippen LogP contribution in [0.25, 0.3) is 6.08 Å². The van der Waals surface area contributed by atoms with Gasteiger partial charge in [0.1, 0.15) is 5.57 Å². The lowest BCUT2D eigenvalue weighted by molar-refractivity contribution is -0.122. The molecule has 0 spiro atoms. The van der Waals surface area contributed by atoms with Gasteiger partial charge in [0.15, 0.2) is 11.5 Å². The zero-order valence-corrected chi connectivity index (χ0v) is 13.9. The second kappa shape index (κ2) is 7.10. The smallest absolute Gasteiger partial charge is 0.335 e. The lowest BCUT2D eigenvalue weighted by atomic mass is 10.1. The van der Waals surface area contributed by atoms with Gasteiger partial charge in [-0.1, -0.05) is 24.3 Å². The minimum atomic E-state index is -0.802. The van der Waals surface area contributed by atoms with Crippen LogP contribution in [0, 0.1) is 0 Å². The molecular formula is C19H16N2O5. The monoisotopic (exact) mass is 352 g/mol. The first-order valence-corrected chi connectivity index (χ1v) is 7.93. The number of carbonyl (C=O) groups excluding carboxylic acids is 3. The van der Waals surface area contributed by atoms with E-state index in [0.29, 0.717) is 17.9 Å². The third kappa shape index (κ3) is 3.27. The number of aromatic hydroxyl groups is 1. The number of barbiturate groups is 1. The topological polar surface area (TPSA) is 95.9 Å². The van der Waals surface area contributed by atoms with E-state index in [1.165, 1.54) is 24.3 Å². The third-order valence-electron chi connectivity index (χ3n) is 3.71. The number of phenolic OH excluding ortho intramolecular Hbond substituents is 1. The Labute approximate surface area is 149 Å². The third-order valence-corrected chi connectivity index (χ3v) is 3.71. The molecule has 3 rings (SSSR count). The van der Waals surface area contributed by atoms with E-state index < -0.39 is 17.8 Å². The van der Waals surface area contributed by atoms with Gasteiger partial charge >= 0.3 is 6.03 Å². The standard InChI is InChI=1S/C19H16N2O5/c1-2-26-16-11-12(8-9-15(16)22)10-14-17(23)20-19(25)21(18(14)24)13-6-4-3-5-7-13/h3-11,22H,2H2,1H3,(H,20,23,25)/b14-10+. The number of ether oxygens (including phenoxy) is 1. The highest BCUT2D eigenvalue weighted by Crippen LogP contribution is 2.28. The van der Waals surface area contributed by atoms with Crippen molar-refractivity contribution in [2.45, 2.75) is 6.92 Å². The second-order valence-electron chi connectivity index (χ2n) is 5.45. The van der Waals surface area contributed by atoms with E-state index in [4.69, 9.17) is 4.74 Å². The van der Waals surface area contributed by atoms with E-state index in [2.05, 4.69) is 5.32 Å². The number of urea groups is 1. The van der Waals surface area contributed by atoms with Crippen molar-refractivity contribution in [1.82, 2.24) is 5.32 Å². The molecule has 7 nitrogen and oxygen atoms in total. The van der Waals surface area contributed by atoms with Crippen LogP contribution in [0.4, 0.5) is 10.5 Å². The largest absolute Gasteiger partial charge is 0.504 e. The number of phenols is 1. The molecule has 7 heteroatoms. The first-order chi connectivity index (χ1) is 12.5. The molecule has 2 aromatic carbocycles. The van der Waals surface area contributed by atoms with Crippen molar-refractivity contribution in [1.29, 1.82) is 0 Å². The zero-order valence-electron chi connectivity index (χ0n) is 13.9. The molecule has 0 unspecified atom stereocenters. The number of nitrogens with one attached hydrogen (secondary N) is 1. The minimum Gasteiger partial charge on any atom is -0.504 e. The van der Waals surface area contributed by atoms with Crippen molar-refractivity contribution < 1.29 is 24.2 Å². The summed E-state index contributed by atoms with van der Waals surface area (Å²) in [6, 6.07) is 12.0. The highest BCUT2D eigenvalue weighted by molar-refractivity contribution is 6.39. The SMILES string of the molecule is CCOc1cc(/C=C2\C(=O)NC(=O)N(c3ccccc3)C2=O)ccc1O. The number of rotatable bonds is 4. The van der Waals surface area contributed by atoms with Crippen LogP contribution in [-0.2, 0) is 9.59 Å². The quantitative estimate of drug-likeness (QED) is 0.651. The predicted molar refractivity (Wildman–Crippen MR) is 94.7 cm³/mol. The van der Waals surface area contributed by atoms with Crippen LogP contribution in [0.3, 0.4) is 0 Å². The van der Waals surface area contributed by atoms with E-state index in [9.17, 15) is 19.5 Å². The van der Waals surface area contributed by atoms with Crippen LogP contribution in [0.1, 0.15) is 12.5 Å². The van der Waals surface area contributed by atoms with Crippen LogP contribution in [-0.4, -0.2) is 29.6 Å². The molecule has 1 heterocycles. The van der Waals surface area contributed by atoms with E-state index in [-0.39, 0.29) is 17.1 Å². The second-order valence-corrected chi connectivity index (χ2v) is 5.45. The van der Waals surface area contributed by atoms with Gasteiger partial charge in [-0.2, -0.15) is 0 Å². The number of para-hydroxylation sites is 1. The van der Waals surface area contributed by atoms with Gasteiger partial charge in [0.05, 0.1) is 12.3 Å². The van der Waals surface area contributed by atoms with Gasteiger partial charge in [-0.3, -0.25) is 14.9 Å². The minimum absolute atomic E-state index is 0.0467. The summed E-state index contributed by atoms with van der Waals surface area (Å²) < 4.78 is 5.30. The molecule has 0 saturated carbocycles. The molecule has 26 heavy (non-hydrogen) atoms. The summed E-state index contributed by atoms with van der Waals surface area (Å²) >= 11 is 0. The maximum Gasteiger partial charge on any atom is 0.335 e. The number of benzene rings is 2. The number of hydrogen-bond donors (Lipinski definition) is 2. The van der Waals surface area contributed by atoms with Gasteiger partial charge in [0.25, 0.3) is 11.8 Å². The van der Waals surface area contributed by atoms with Crippen LogP contribution in [0.15, 0.2) is 54.1 Å². The van der Waals surface area contributed by atoms with E-state index in [0.717, 1.165) is 4.90 Å². The number of imide groups is 2. The van der Waals surface area contributed by atoms with Crippen LogP contribution < -0.4 is 15.0 Å². The molecule has 2 N–H and O–H groups in total. The molecule has 1 fully saturated rings. The fraction of sp³-hybridized carbons (Fsp3) is 0.105. The molecule has 0 aromatic heterocycles. The van der Waals surface area contributed by atoms with Crippen molar-refractivity contribution >= 4 is 29.6 Å². The van der Waals surface area contributed by atoms with Crippen molar-refractivity contribution in [3.05, 3.63) is 59.7 Å². The Balaban J connectivity index is 1.99. The number of hydrogen-bond acceptors (Lipinski definition) is 5. The molecule has 1 saturated heterocycles. The van der Waals surface area contributed by atoms with Gasteiger partial charge in [-0.25, -0.2) is 9.69 Å². The summed E-state index contributed by atoms with van der Waals surface area (Å²) in [6.45, 7) is 2.12. The number of anilines is 1. The highest BCUT2D eigenvalue weighted by atomic mass is 16.5. The molecule has 1 aliphatic rings. The first kappa shape index (κ1) is 17.2. The van der Waals surface area contributed by atoms with Gasteiger partial charge in [-0.05, 0) is 42.8 Å². The fourth-order valence-electron chi connectivity index (χ4n) is 2.53. The van der Waals surface area contributed by atoms with Gasteiger partial charge < -0.3 is 9.84 Å². The molecule has 0 bridgehead atoms. The Bertz CT molecular complexity index is 905. The highest BCUT2D eigenvalue weighted by Gasteiger charge is 2.36. The summed E-state index contributed by atoms with van der Waals surface area (Å²) in [5.74, 6) is -1.31.